The number of aliphatic hydroxyl groups is 1. The number of nitrogens with one attached hydrogen (secondary N) is 1. The highest BCUT2D eigenvalue weighted by Gasteiger charge is 2.73. The van der Waals surface area contributed by atoms with Crippen molar-refractivity contribution in [3.8, 4) is 34.4 Å². The Bertz CT molecular complexity index is 1910. The topological polar surface area (TPSA) is 103 Å². The predicted molar refractivity (Wildman–Crippen MR) is 161 cm³/mol. The second-order valence-electron chi connectivity index (χ2n) is 10.5. The molecule has 8 nitrogen and oxygen atoms in total. The van der Waals surface area contributed by atoms with Crippen molar-refractivity contribution in [2.45, 2.75) is 17.1 Å². The fourth-order valence-electron chi connectivity index (χ4n) is 6.57. The molecule has 1 aliphatic heterocycles. The molecule has 5 aromatic rings. The molecule has 1 aliphatic carbocycles. The molecule has 2 heterocycles. The lowest BCUT2D eigenvalue weighted by atomic mass is 9.70. The average molecular weight is 595 g/mol. The van der Waals surface area contributed by atoms with Crippen molar-refractivity contribution in [3.05, 3.63) is 134 Å². The number of fused-ring (bicyclic) bond motifs is 5. The van der Waals surface area contributed by atoms with E-state index in [1.165, 1.54) is 7.11 Å². The third-order valence-corrected chi connectivity index (χ3v) is 8.68. The van der Waals surface area contributed by atoms with Crippen LogP contribution in [0, 0.1) is 0 Å². The monoisotopic (exact) mass is 594 g/mol. The number of aromatic nitrogens is 2. The molecule has 0 bridgehead atoms. The number of hydrogen-bond acceptors (Lipinski definition) is 7. The van der Waals surface area contributed by atoms with Crippen LogP contribution in [0.5, 0.6) is 23.0 Å². The van der Waals surface area contributed by atoms with Crippen molar-refractivity contribution in [1.29, 1.82) is 0 Å². The Morgan fingerprint density at radius 2 is 1.58 bits per heavy atom. The number of halogens is 1. The second-order valence-corrected chi connectivity index (χ2v) is 10.9. The van der Waals surface area contributed by atoms with Gasteiger partial charge in [0.05, 0.1) is 44.1 Å². The number of rotatable bonds is 6. The first kappa shape index (κ1) is 27.1. The molecule has 1 aromatic heterocycles. The maximum absolute atomic E-state index is 14.2. The van der Waals surface area contributed by atoms with Crippen molar-refractivity contribution in [2.24, 2.45) is 0 Å². The molecule has 216 valence electrons. The van der Waals surface area contributed by atoms with Crippen LogP contribution in [0.15, 0.2) is 95.8 Å². The zero-order valence-electron chi connectivity index (χ0n) is 23.6. The van der Waals surface area contributed by atoms with Crippen molar-refractivity contribution < 1.29 is 24.1 Å². The van der Waals surface area contributed by atoms with Crippen LogP contribution in [-0.4, -0.2) is 36.4 Å². The number of benzene rings is 4. The Morgan fingerprint density at radius 1 is 0.884 bits per heavy atom. The van der Waals surface area contributed by atoms with Crippen molar-refractivity contribution in [3.63, 3.8) is 0 Å². The summed E-state index contributed by atoms with van der Waals surface area (Å²) in [7, 11) is 4.65. The average Bonchev–Trinajstić information content (AvgIpc) is 3.44. The van der Waals surface area contributed by atoms with Gasteiger partial charge in [-0.3, -0.25) is 4.79 Å². The normalized spacial score (nSPS) is 21.4. The highest BCUT2D eigenvalue weighted by atomic mass is 35.5. The standard InChI is InChI=1S/C34H27ClN2O6/c1-40-23-15-11-21(12-16-23)34-28(19-7-5-4-6-8-19)27-30(36-31(37-32(27)38)20-9-13-22(35)14-10-20)33(34,39)29-25(42-3)17-24(41-2)18-26(29)43-34/h4-18,28,39H,1-3H3,(H,36,37,38). The van der Waals surface area contributed by atoms with Crippen LogP contribution < -0.4 is 24.5 Å². The van der Waals surface area contributed by atoms with Gasteiger partial charge in [-0.15, -0.1) is 0 Å². The quantitative estimate of drug-likeness (QED) is 0.257. The molecular weight excluding hydrogens is 568 g/mol. The third kappa shape index (κ3) is 3.73. The van der Waals surface area contributed by atoms with Gasteiger partial charge in [-0.2, -0.15) is 0 Å². The predicted octanol–water partition coefficient (Wildman–Crippen LogP) is 5.79. The van der Waals surface area contributed by atoms with Crippen molar-refractivity contribution in [2.75, 3.05) is 21.3 Å². The zero-order valence-corrected chi connectivity index (χ0v) is 24.3. The minimum Gasteiger partial charge on any atom is -0.497 e. The van der Waals surface area contributed by atoms with E-state index in [0.29, 0.717) is 50.3 Å². The van der Waals surface area contributed by atoms with Crippen LogP contribution in [0.2, 0.25) is 5.02 Å². The van der Waals surface area contributed by atoms with E-state index in [0.717, 1.165) is 5.56 Å². The van der Waals surface area contributed by atoms with Crippen LogP contribution in [0.4, 0.5) is 0 Å². The van der Waals surface area contributed by atoms with Crippen LogP contribution in [0.3, 0.4) is 0 Å². The molecule has 3 unspecified atom stereocenters. The first-order valence-electron chi connectivity index (χ1n) is 13.6. The minimum atomic E-state index is -1.97. The molecule has 7 rings (SSSR count). The number of aromatic amines is 1. The molecular formula is C34H27ClN2O6. The zero-order chi connectivity index (χ0) is 29.9. The lowest BCUT2D eigenvalue weighted by Gasteiger charge is -2.40. The molecule has 0 amide bonds. The SMILES string of the molecule is COc1ccc(C23Oc4cc(OC)cc(OC)c4C2(O)c2nc(-c4ccc(Cl)cc4)[nH]c(=O)c2C3c2ccccc2)cc1. The summed E-state index contributed by atoms with van der Waals surface area (Å²) in [6.07, 6.45) is 0. The van der Waals surface area contributed by atoms with Gasteiger partial charge in [0.1, 0.15) is 28.8 Å². The molecule has 0 spiro atoms. The summed E-state index contributed by atoms with van der Waals surface area (Å²) in [6, 6.07) is 27.2. The molecule has 43 heavy (non-hydrogen) atoms. The van der Waals surface area contributed by atoms with E-state index < -0.39 is 22.7 Å². The van der Waals surface area contributed by atoms with Crippen LogP contribution in [0.25, 0.3) is 11.4 Å². The number of methoxy groups -OCH3 is 3. The summed E-state index contributed by atoms with van der Waals surface area (Å²) in [5, 5.41) is 13.9. The fourth-order valence-corrected chi connectivity index (χ4v) is 6.70. The minimum absolute atomic E-state index is 0.174. The molecule has 0 radical (unpaired) electrons. The molecule has 9 heteroatoms. The highest BCUT2D eigenvalue weighted by Crippen LogP contribution is 2.69. The van der Waals surface area contributed by atoms with Gasteiger partial charge in [0.15, 0.2) is 11.2 Å². The third-order valence-electron chi connectivity index (χ3n) is 8.43. The van der Waals surface area contributed by atoms with E-state index >= 15 is 0 Å². The molecule has 0 saturated carbocycles. The van der Waals surface area contributed by atoms with E-state index in [2.05, 4.69) is 4.98 Å². The lowest BCUT2D eigenvalue weighted by Crippen LogP contribution is -2.49. The Balaban J connectivity index is 1.63. The Kier molecular flexibility index (Phi) is 6.23. The van der Waals surface area contributed by atoms with Gasteiger partial charge < -0.3 is 29.0 Å². The van der Waals surface area contributed by atoms with Gasteiger partial charge in [0.2, 0.25) is 0 Å². The van der Waals surface area contributed by atoms with Crippen LogP contribution in [0.1, 0.15) is 33.9 Å². The smallest absolute Gasteiger partial charge is 0.255 e. The first-order chi connectivity index (χ1) is 20.8. The Labute approximate surface area is 252 Å². The summed E-state index contributed by atoms with van der Waals surface area (Å²) < 4.78 is 23.8. The van der Waals surface area contributed by atoms with Gasteiger partial charge in [0, 0.05) is 28.3 Å². The number of hydrogen-bond donors (Lipinski definition) is 2. The summed E-state index contributed by atoms with van der Waals surface area (Å²) in [5.41, 5.74) is -1.09. The van der Waals surface area contributed by atoms with Crippen molar-refractivity contribution in [1.82, 2.24) is 9.97 Å². The fraction of sp³-hybridized carbons (Fsp3) is 0.176. The molecule has 2 aliphatic rings. The Hall–Kier alpha value is -4.79. The van der Waals surface area contributed by atoms with Gasteiger partial charge in [-0.05, 0) is 42.0 Å². The second kappa shape index (κ2) is 9.90. The van der Waals surface area contributed by atoms with Crippen molar-refractivity contribution >= 4 is 11.6 Å². The van der Waals surface area contributed by atoms with E-state index in [9.17, 15) is 9.90 Å². The molecule has 0 saturated heterocycles. The molecule has 0 fully saturated rings. The van der Waals surface area contributed by atoms with Gasteiger partial charge in [-0.1, -0.05) is 54.1 Å². The summed E-state index contributed by atoms with van der Waals surface area (Å²) in [6.45, 7) is 0. The van der Waals surface area contributed by atoms with Gasteiger partial charge in [0.25, 0.3) is 5.56 Å². The largest absolute Gasteiger partial charge is 0.497 e. The summed E-state index contributed by atoms with van der Waals surface area (Å²) in [5.74, 6) is 1.32. The summed E-state index contributed by atoms with van der Waals surface area (Å²) in [4.78, 5) is 22.2. The maximum Gasteiger partial charge on any atom is 0.255 e. The van der Waals surface area contributed by atoms with E-state index in [1.807, 2.05) is 42.5 Å². The van der Waals surface area contributed by atoms with E-state index in [1.54, 1.807) is 62.8 Å². The van der Waals surface area contributed by atoms with Gasteiger partial charge >= 0.3 is 0 Å². The number of ether oxygens (including phenoxy) is 4. The molecule has 4 aromatic carbocycles. The van der Waals surface area contributed by atoms with E-state index in [4.69, 9.17) is 35.5 Å². The summed E-state index contributed by atoms with van der Waals surface area (Å²) >= 11 is 6.15. The molecule has 2 N–H and O–H groups in total. The number of nitrogens with zero attached hydrogens (tertiary/aromatic N) is 1. The lowest BCUT2D eigenvalue weighted by molar-refractivity contribution is -0.0909. The molecule has 3 atom stereocenters. The number of H-pyrrole nitrogens is 1. The highest BCUT2D eigenvalue weighted by molar-refractivity contribution is 6.30. The van der Waals surface area contributed by atoms with Crippen LogP contribution in [-0.2, 0) is 11.2 Å². The van der Waals surface area contributed by atoms with Crippen LogP contribution >= 0.6 is 11.6 Å². The van der Waals surface area contributed by atoms with Gasteiger partial charge in [-0.25, -0.2) is 4.98 Å². The Morgan fingerprint density at radius 3 is 2.23 bits per heavy atom. The first-order valence-corrected chi connectivity index (χ1v) is 14.0. The van der Waals surface area contributed by atoms with E-state index in [-0.39, 0.29) is 11.5 Å². The maximum atomic E-state index is 14.2.